The molecular weight excluding hydrogens is 122 g/mol. The summed E-state index contributed by atoms with van der Waals surface area (Å²) >= 11 is 0. The second kappa shape index (κ2) is 3.94. The summed E-state index contributed by atoms with van der Waals surface area (Å²) in [5.41, 5.74) is 1.37. The van der Waals surface area contributed by atoms with Gasteiger partial charge in [-0.05, 0) is 19.5 Å². The minimum Gasteiger partial charge on any atom is -0.387 e. The molecule has 0 fully saturated rings. The third-order valence-electron chi connectivity index (χ3n) is 1.41. The van der Waals surface area contributed by atoms with E-state index in [4.69, 9.17) is 0 Å². The maximum absolute atomic E-state index is 3.19. The average molecular weight is 135 g/mol. The number of rotatable bonds is 0. The first-order valence-corrected chi connectivity index (χ1v) is 3.60. The van der Waals surface area contributed by atoms with E-state index in [-0.39, 0.29) is 0 Å². The van der Waals surface area contributed by atoms with E-state index in [9.17, 15) is 0 Å². The maximum atomic E-state index is 3.19. The summed E-state index contributed by atoms with van der Waals surface area (Å²) < 4.78 is 0. The molecular formula is C9H13N. The molecule has 0 atom stereocenters. The highest BCUT2D eigenvalue weighted by Gasteiger charge is 1.84. The van der Waals surface area contributed by atoms with Crippen LogP contribution in [0.4, 0.5) is 0 Å². The van der Waals surface area contributed by atoms with Gasteiger partial charge in [-0.1, -0.05) is 29.9 Å². The predicted octanol–water partition coefficient (Wildman–Crippen LogP) is 2.00. The standard InChI is InChI=1S/C9H13N/c1-9-6-4-2-3-5-7-10-8-9/h2-5,8,10H,6-7H2,1H3/b4-2-,5-3-,9-8-. The highest BCUT2D eigenvalue weighted by atomic mass is 14.8. The van der Waals surface area contributed by atoms with Crippen LogP contribution in [0.3, 0.4) is 0 Å². The van der Waals surface area contributed by atoms with Crippen molar-refractivity contribution in [2.24, 2.45) is 0 Å². The molecule has 0 spiro atoms. The third kappa shape index (κ3) is 2.53. The summed E-state index contributed by atoms with van der Waals surface area (Å²) in [5.74, 6) is 0. The zero-order chi connectivity index (χ0) is 7.23. The summed E-state index contributed by atoms with van der Waals surface area (Å²) in [6, 6.07) is 0. The lowest BCUT2D eigenvalue weighted by molar-refractivity contribution is 0.960. The molecule has 54 valence electrons. The molecule has 1 nitrogen and oxygen atoms in total. The van der Waals surface area contributed by atoms with Crippen LogP contribution in [0.25, 0.3) is 0 Å². The molecule has 0 aromatic carbocycles. The molecule has 1 heterocycles. The molecule has 0 radical (unpaired) electrons. The van der Waals surface area contributed by atoms with Crippen LogP contribution in [0.1, 0.15) is 13.3 Å². The normalized spacial score (nSPS) is 29.9. The van der Waals surface area contributed by atoms with Gasteiger partial charge in [0.2, 0.25) is 0 Å². The molecule has 10 heavy (non-hydrogen) atoms. The van der Waals surface area contributed by atoms with Gasteiger partial charge >= 0.3 is 0 Å². The summed E-state index contributed by atoms with van der Waals surface area (Å²) in [7, 11) is 0. The first-order valence-electron chi connectivity index (χ1n) is 3.60. The molecule has 0 aromatic rings. The van der Waals surface area contributed by atoms with Crippen LogP contribution in [0.15, 0.2) is 36.1 Å². The Bertz CT molecular complexity index is 175. The fourth-order valence-electron chi connectivity index (χ4n) is 0.839. The lowest BCUT2D eigenvalue weighted by atomic mass is 10.2. The van der Waals surface area contributed by atoms with Crippen molar-refractivity contribution in [3.8, 4) is 0 Å². The topological polar surface area (TPSA) is 12.0 Å². The van der Waals surface area contributed by atoms with E-state index in [0.717, 1.165) is 13.0 Å². The fraction of sp³-hybridized carbons (Fsp3) is 0.333. The van der Waals surface area contributed by atoms with Crippen LogP contribution in [0.5, 0.6) is 0 Å². The van der Waals surface area contributed by atoms with Gasteiger partial charge in [-0.2, -0.15) is 0 Å². The minimum absolute atomic E-state index is 0.932. The van der Waals surface area contributed by atoms with Gasteiger partial charge in [0.25, 0.3) is 0 Å². The lowest BCUT2D eigenvalue weighted by Crippen LogP contribution is -2.04. The van der Waals surface area contributed by atoms with Crippen molar-refractivity contribution in [2.45, 2.75) is 13.3 Å². The molecule has 0 aromatic heterocycles. The Morgan fingerprint density at radius 1 is 1.30 bits per heavy atom. The Hall–Kier alpha value is -0.980. The van der Waals surface area contributed by atoms with E-state index in [1.807, 2.05) is 0 Å². The van der Waals surface area contributed by atoms with Crippen LogP contribution >= 0.6 is 0 Å². The third-order valence-corrected chi connectivity index (χ3v) is 1.41. The Morgan fingerprint density at radius 3 is 3.00 bits per heavy atom. The number of nitrogens with one attached hydrogen (secondary N) is 1. The highest BCUT2D eigenvalue weighted by molar-refractivity contribution is 5.11. The van der Waals surface area contributed by atoms with Crippen LogP contribution in [-0.2, 0) is 0 Å². The smallest absolute Gasteiger partial charge is 0.0328 e. The van der Waals surface area contributed by atoms with Gasteiger partial charge in [0.15, 0.2) is 0 Å². The van der Waals surface area contributed by atoms with Crippen molar-refractivity contribution in [1.29, 1.82) is 0 Å². The van der Waals surface area contributed by atoms with Gasteiger partial charge in [-0.25, -0.2) is 0 Å². The van der Waals surface area contributed by atoms with Crippen molar-refractivity contribution in [3.05, 3.63) is 36.1 Å². The number of hydrogen-bond acceptors (Lipinski definition) is 1. The van der Waals surface area contributed by atoms with Gasteiger partial charge in [0.1, 0.15) is 0 Å². The highest BCUT2D eigenvalue weighted by Crippen LogP contribution is 1.99. The van der Waals surface area contributed by atoms with E-state index < -0.39 is 0 Å². The first kappa shape index (κ1) is 7.13. The SMILES string of the molecule is C/C1=C/NC/C=C\C=C/C1. The Kier molecular flexibility index (Phi) is 2.81. The Labute approximate surface area is 62.1 Å². The molecule has 1 aliphatic heterocycles. The number of allylic oxidation sites excluding steroid dienone is 4. The van der Waals surface area contributed by atoms with Crippen LogP contribution < -0.4 is 5.32 Å². The summed E-state index contributed by atoms with van der Waals surface area (Å²) in [4.78, 5) is 0. The molecule has 1 rings (SSSR count). The second-order valence-corrected chi connectivity index (χ2v) is 2.46. The first-order chi connectivity index (χ1) is 4.89. The summed E-state index contributed by atoms with van der Waals surface area (Å²) in [6.07, 6.45) is 11.5. The van der Waals surface area contributed by atoms with Crippen molar-refractivity contribution in [1.82, 2.24) is 5.32 Å². The summed E-state index contributed by atoms with van der Waals surface area (Å²) in [5, 5.41) is 3.19. The van der Waals surface area contributed by atoms with Crippen LogP contribution in [-0.4, -0.2) is 6.54 Å². The Balaban J connectivity index is 2.54. The van der Waals surface area contributed by atoms with Crippen molar-refractivity contribution >= 4 is 0 Å². The molecule has 0 aliphatic carbocycles. The number of hydrogen-bond donors (Lipinski definition) is 1. The quantitative estimate of drug-likeness (QED) is 0.535. The van der Waals surface area contributed by atoms with Gasteiger partial charge in [-0.3, -0.25) is 0 Å². The van der Waals surface area contributed by atoms with Crippen molar-refractivity contribution < 1.29 is 0 Å². The van der Waals surface area contributed by atoms with Crippen LogP contribution in [0.2, 0.25) is 0 Å². The van der Waals surface area contributed by atoms with E-state index in [0.29, 0.717) is 0 Å². The zero-order valence-electron chi connectivity index (χ0n) is 6.30. The van der Waals surface area contributed by atoms with E-state index in [2.05, 4.69) is 42.7 Å². The fourth-order valence-corrected chi connectivity index (χ4v) is 0.839. The van der Waals surface area contributed by atoms with Gasteiger partial charge in [0.05, 0.1) is 0 Å². The van der Waals surface area contributed by atoms with E-state index >= 15 is 0 Å². The molecule has 1 heteroatoms. The van der Waals surface area contributed by atoms with Crippen LogP contribution in [0, 0.1) is 0 Å². The van der Waals surface area contributed by atoms with E-state index in [1.165, 1.54) is 5.57 Å². The Morgan fingerprint density at radius 2 is 2.10 bits per heavy atom. The van der Waals surface area contributed by atoms with Crippen molar-refractivity contribution in [2.75, 3.05) is 6.54 Å². The molecule has 1 N–H and O–H groups in total. The van der Waals surface area contributed by atoms with Gasteiger partial charge in [0, 0.05) is 6.54 Å². The monoisotopic (exact) mass is 135 g/mol. The zero-order valence-corrected chi connectivity index (χ0v) is 6.30. The van der Waals surface area contributed by atoms with E-state index in [1.54, 1.807) is 0 Å². The maximum Gasteiger partial charge on any atom is 0.0328 e. The lowest BCUT2D eigenvalue weighted by Gasteiger charge is -1.95. The molecule has 0 amide bonds. The summed E-state index contributed by atoms with van der Waals surface area (Å²) in [6.45, 7) is 3.06. The minimum atomic E-state index is 0.932. The van der Waals surface area contributed by atoms with Crippen molar-refractivity contribution in [3.63, 3.8) is 0 Å². The molecule has 0 saturated carbocycles. The molecule has 0 unspecified atom stereocenters. The van der Waals surface area contributed by atoms with Gasteiger partial charge < -0.3 is 5.32 Å². The second-order valence-electron chi connectivity index (χ2n) is 2.46. The van der Waals surface area contributed by atoms with Gasteiger partial charge in [-0.15, -0.1) is 0 Å². The largest absolute Gasteiger partial charge is 0.387 e. The predicted molar refractivity (Wildman–Crippen MR) is 44.7 cm³/mol. The molecule has 1 aliphatic rings. The molecule has 0 bridgehead atoms. The molecule has 0 saturated heterocycles. The average Bonchev–Trinajstić information content (AvgIpc) is 2.02.